The number of benzene rings is 1. The minimum absolute atomic E-state index is 0.0363. The molecule has 0 heterocycles. The van der Waals surface area contributed by atoms with Gasteiger partial charge in [-0.05, 0) is 12.1 Å². The highest BCUT2D eigenvalue weighted by atomic mass is 16.5. The highest BCUT2D eigenvalue weighted by Crippen LogP contribution is 2.18. The molecule has 0 aliphatic heterocycles. The van der Waals surface area contributed by atoms with Gasteiger partial charge >= 0.3 is 0 Å². The summed E-state index contributed by atoms with van der Waals surface area (Å²) in [6.07, 6.45) is 0.499. The van der Waals surface area contributed by atoms with E-state index in [1.165, 1.54) is 0 Å². The molecule has 0 unspecified atom stereocenters. The van der Waals surface area contributed by atoms with E-state index in [-0.39, 0.29) is 5.91 Å². The number of carbonyl (C=O) groups excluding carboxylic acids is 1. The summed E-state index contributed by atoms with van der Waals surface area (Å²) in [4.78, 5) is 10.9. The summed E-state index contributed by atoms with van der Waals surface area (Å²) in [5.41, 5.74) is 0. The second-order valence-electron chi connectivity index (χ2n) is 3.23. The van der Waals surface area contributed by atoms with Gasteiger partial charge in [0.15, 0.2) is 0 Å². The number of rotatable bonds is 6. The third-order valence-corrected chi connectivity index (χ3v) is 2.06. The Morgan fingerprint density at radius 1 is 1.38 bits per heavy atom. The lowest BCUT2D eigenvalue weighted by Crippen LogP contribution is -2.27. The van der Waals surface area contributed by atoms with Crippen LogP contribution in [0.4, 0.5) is 0 Å². The van der Waals surface area contributed by atoms with Crippen molar-refractivity contribution in [3.05, 3.63) is 24.3 Å². The predicted octanol–water partition coefficient (Wildman–Crippen LogP) is 1.60. The van der Waals surface area contributed by atoms with Gasteiger partial charge in [-0.3, -0.25) is 4.79 Å². The number of ether oxygens (including phenoxy) is 2. The monoisotopic (exact) mass is 223 g/mol. The van der Waals surface area contributed by atoms with Crippen LogP contribution in [0, 0.1) is 0 Å². The van der Waals surface area contributed by atoms with E-state index >= 15 is 0 Å². The first-order valence-corrected chi connectivity index (χ1v) is 5.29. The van der Waals surface area contributed by atoms with Crippen molar-refractivity contribution in [3.8, 4) is 11.5 Å². The van der Waals surface area contributed by atoms with E-state index in [0.717, 1.165) is 11.5 Å². The van der Waals surface area contributed by atoms with Gasteiger partial charge in [-0.25, -0.2) is 0 Å². The molecule has 0 fully saturated rings. The maximum absolute atomic E-state index is 10.9. The van der Waals surface area contributed by atoms with Gasteiger partial charge in [0.1, 0.15) is 18.1 Å². The number of nitrogens with one attached hydrogen (secondary N) is 1. The first-order valence-electron chi connectivity index (χ1n) is 5.29. The zero-order valence-electron chi connectivity index (χ0n) is 9.66. The van der Waals surface area contributed by atoms with Gasteiger partial charge in [0, 0.05) is 12.5 Å². The summed E-state index contributed by atoms with van der Waals surface area (Å²) in [7, 11) is 1.61. The maximum Gasteiger partial charge on any atom is 0.219 e. The molecule has 0 saturated carbocycles. The molecule has 0 spiro atoms. The molecule has 0 atom stereocenters. The van der Waals surface area contributed by atoms with E-state index in [9.17, 15) is 4.79 Å². The summed E-state index contributed by atoms with van der Waals surface area (Å²) in [5, 5.41) is 2.74. The van der Waals surface area contributed by atoms with Gasteiger partial charge in [-0.15, -0.1) is 0 Å². The minimum atomic E-state index is 0.0363. The number of methoxy groups -OCH3 is 1. The van der Waals surface area contributed by atoms with E-state index in [1.807, 2.05) is 31.2 Å². The van der Waals surface area contributed by atoms with Crippen LogP contribution in [-0.4, -0.2) is 26.2 Å². The molecule has 0 aromatic heterocycles. The number of hydrogen-bond donors (Lipinski definition) is 1. The van der Waals surface area contributed by atoms with E-state index in [4.69, 9.17) is 9.47 Å². The Labute approximate surface area is 95.6 Å². The third-order valence-electron chi connectivity index (χ3n) is 2.06. The Balaban J connectivity index is 2.28. The zero-order chi connectivity index (χ0) is 11.8. The summed E-state index contributed by atoms with van der Waals surface area (Å²) < 4.78 is 10.5. The largest absolute Gasteiger partial charge is 0.497 e. The van der Waals surface area contributed by atoms with Crippen molar-refractivity contribution in [3.63, 3.8) is 0 Å². The summed E-state index contributed by atoms with van der Waals surface area (Å²) >= 11 is 0. The Morgan fingerprint density at radius 3 is 2.81 bits per heavy atom. The SMILES string of the molecule is CCC(=O)NCCOc1cccc(OC)c1. The van der Waals surface area contributed by atoms with Crippen molar-refractivity contribution in [1.82, 2.24) is 5.32 Å². The molecule has 0 radical (unpaired) electrons. The number of amides is 1. The molecule has 0 bridgehead atoms. The van der Waals surface area contributed by atoms with Crippen LogP contribution < -0.4 is 14.8 Å². The Bertz CT molecular complexity index is 339. The van der Waals surface area contributed by atoms with Crippen LogP contribution in [0.15, 0.2) is 24.3 Å². The van der Waals surface area contributed by atoms with Crippen molar-refractivity contribution < 1.29 is 14.3 Å². The molecule has 1 rings (SSSR count). The first-order chi connectivity index (χ1) is 7.76. The average Bonchev–Trinajstić information content (AvgIpc) is 2.34. The molecule has 1 aromatic rings. The van der Waals surface area contributed by atoms with E-state index in [1.54, 1.807) is 7.11 Å². The van der Waals surface area contributed by atoms with Crippen molar-refractivity contribution in [1.29, 1.82) is 0 Å². The lowest BCUT2D eigenvalue weighted by molar-refractivity contribution is -0.120. The smallest absolute Gasteiger partial charge is 0.219 e. The second-order valence-corrected chi connectivity index (χ2v) is 3.23. The molecular formula is C12H17NO3. The highest BCUT2D eigenvalue weighted by molar-refractivity contribution is 5.75. The van der Waals surface area contributed by atoms with Crippen molar-refractivity contribution in [2.24, 2.45) is 0 Å². The lowest BCUT2D eigenvalue weighted by atomic mass is 10.3. The van der Waals surface area contributed by atoms with Crippen LogP contribution in [0.2, 0.25) is 0 Å². The van der Waals surface area contributed by atoms with Gasteiger partial charge in [0.25, 0.3) is 0 Å². The molecule has 88 valence electrons. The van der Waals surface area contributed by atoms with E-state index in [2.05, 4.69) is 5.32 Å². The number of carbonyl (C=O) groups is 1. The Kier molecular flexibility index (Phi) is 5.19. The standard InChI is InChI=1S/C12H17NO3/c1-3-12(14)13-7-8-16-11-6-4-5-10(9-11)15-2/h4-6,9H,3,7-8H2,1-2H3,(H,13,14). The zero-order valence-corrected chi connectivity index (χ0v) is 9.66. The molecular weight excluding hydrogens is 206 g/mol. The quantitative estimate of drug-likeness (QED) is 0.745. The normalized spacial score (nSPS) is 9.62. The van der Waals surface area contributed by atoms with Gasteiger partial charge in [0.05, 0.1) is 13.7 Å². The summed E-state index contributed by atoms with van der Waals surface area (Å²) in [6, 6.07) is 7.37. The highest BCUT2D eigenvalue weighted by Gasteiger charge is 1.98. The molecule has 1 aromatic carbocycles. The van der Waals surface area contributed by atoms with Gasteiger partial charge in [0.2, 0.25) is 5.91 Å². The number of hydrogen-bond acceptors (Lipinski definition) is 3. The topological polar surface area (TPSA) is 47.6 Å². The van der Waals surface area contributed by atoms with Crippen LogP contribution >= 0.6 is 0 Å². The molecule has 0 saturated heterocycles. The summed E-state index contributed by atoms with van der Waals surface area (Å²) in [5.74, 6) is 1.54. The van der Waals surface area contributed by atoms with Crippen LogP contribution in [-0.2, 0) is 4.79 Å². The van der Waals surface area contributed by atoms with Crippen LogP contribution in [0.5, 0.6) is 11.5 Å². The fourth-order valence-corrected chi connectivity index (χ4v) is 1.18. The Hall–Kier alpha value is -1.71. The predicted molar refractivity (Wildman–Crippen MR) is 61.8 cm³/mol. The molecule has 1 N–H and O–H groups in total. The lowest BCUT2D eigenvalue weighted by Gasteiger charge is -2.08. The first kappa shape index (κ1) is 12.4. The van der Waals surface area contributed by atoms with E-state index < -0.39 is 0 Å². The van der Waals surface area contributed by atoms with Crippen molar-refractivity contribution >= 4 is 5.91 Å². The molecule has 4 heteroatoms. The average molecular weight is 223 g/mol. The van der Waals surface area contributed by atoms with Crippen molar-refractivity contribution in [2.75, 3.05) is 20.3 Å². The molecule has 1 amide bonds. The van der Waals surface area contributed by atoms with Gasteiger partial charge in [-0.2, -0.15) is 0 Å². The Morgan fingerprint density at radius 2 is 2.12 bits per heavy atom. The van der Waals surface area contributed by atoms with Gasteiger partial charge < -0.3 is 14.8 Å². The van der Waals surface area contributed by atoms with Gasteiger partial charge in [-0.1, -0.05) is 13.0 Å². The fraction of sp³-hybridized carbons (Fsp3) is 0.417. The third kappa shape index (κ3) is 4.21. The minimum Gasteiger partial charge on any atom is -0.497 e. The summed E-state index contributed by atoms with van der Waals surface area (Å²) in [6.45, 7) is 2.79. The van der Waals surface area contributed by atoms with Crippen LogP contribution in [0.25, 0.3) is 0 Å². The van der Waals surface area contributed by atoms with Crippen LogP contribution in [0.3, 0.4) is 0 Å². The maximum atomic E-state index is 10.9. The molecule has 4 nitrogen and oxygen atoms in total. The molecule has 0 aliphatic carbocycles. The molecule has 0 aliphatic rings. The fourth-order valence-electron chi connectivity index (χ4n) is 1.18. The molecule has 16 heavy (non-hydrogen) atoms. The van der Waals surface area contributed by atoms with E-state index in [0.29, 0.717) is 19.6 Å². The van der Waals surface area contributed by atoms with Crippen molar-refractivity contribution in [2.45, 2.75) is 13.3 Å². The second kappa shape index (κ2) is 6.71. The van der Waals surface area contributed by atoms with Crippen LogP contribution in [0.1, 0.15) is 13.3 Å².